The molecule has 0 fully saturated rings. The second-order valence-electron chi connectivity index (χ2n) is 4.03. The smallest absolute Gasteiger partial charge is 0.307 e. The molecule has 0 radical (unpaired) electrons. The van der Waals surface area contributed by atoms with E-state index in [1.807, 2.05) is 17.7 Å². The van der Waals surface area contributed by atoms with E-state index < -0.39 is 5.97 Å². The standard InChI is InChI=1S/C13H15NO4/c1-14-7-8(6-11(15)16)12-9(17-2)4-5-10(18-3)13(12)14/h4-5,7H,6H2,1-3H3,(H,15,16). The quantitative estimate of drug-likeness (QED) is 0.897. The maximum Gasteiger partial charge on any atom is 0.307 e. The molecule has 0 aliphatic carbocycles. The van der Waals surface area contributed by atoms with Gasteiger partial charge in [0.25, 0.3) is 0 Å². The fraction of sp³-hybridized carbons (Fsp3) is 0.308. The van der Waals surface area contributed by atoms with Crippen LogP contribution in [0.4, 0.5) is 0 Å². The molecular weight excluding hydrogens is 234 g/mol. The van der Waals surface area contributed by atoms with Crippen LogP contribution in [0.25, 0.3) is 10.9 Å². The summed E-state index contributed by atoms with van der Waals surface area (Å²) < 4.78 is 12.5. The van der Waals surface area contributed by atoms with E-state index in [9.17, 15) is 4.79 Å². The second-order valence-corrected chi connectivity index (χ2v) is 4.03. The normalized spacial score (nSPS) is 10.6. The summed E-state index contributed by atoms with van der Waals surface area (Å²) in [5.74, 6) is 0.486. The van der Waals surface area contributed by atoms with Gasteiger partial charge in [-0.15, -0.1) is 0 Å². The average molecular weight is 249 g/mol. The second kappa shape index (κ2) is 4.60. The third kappa shape index (κ3) is 1.88. The van der Waals surface area contributed by atoms with Crippen LogP contribution < -0.4 is 9.47 Å². The molecule has 1 heterocycles. The first-order valence-electron chi connectivity index (χ1n) is 5.49. The maximum atomic E-state index is 10.9. The number of carboxylic acid groups (broad SMARTS) is 1. The molecule has 0 amide bonds. The van der Waals surface area contributed by atoms with Crippen LogP contribution in [0.2, 0.25) is 0 Å². The molecule has 0 atom stereocenters. The first kappa shape index (κ1) is 12.3. The van der Waals surface area contributed by atoms with Crippen molar-refractivity contribution < 1.29 is 19.4 Å². The van der Waals surface area contributed by atoms with Crippen molar-refractivity contribution in [2.75, 3.05) is 14.2 Å². The lowest BCUT2D eigenvalue weighted by Crippen LogP contribution is -1.99. The van der Waals surface area contributed by atoms with Crippen molar-refractivity contribution >= 4 is 16.9 Å². The maximum absolute atomic E-state index is 10.9. The zero-order valence-corrected chi connectivity index (χ0v) is 10.6. The number of nitrogens with zero attached hydrogens (tertiary/aromatic N) is 1. The number of aliphatic carboxylic acids is 1. The Balaban J connectivity index is 2.77. The Morgan fingerprint density at radius 1 is 1.28 bits per heavy atom. The highest BCUT2D eigenvalue weighted by molar-refractivity contribution is 5.96. The van der Waals surface area contributed by atoms with Crippen molar-refractivity contribution in [2.24, 2.45) is 7.05 Å². The summed E-state index contributed by atoms with van der Waals surface area (Å²) in [6.45, 7) is 0. The van der Waals surface area contributed by atoms with Crippen molar-refractivity contribution in [2.45, 2.75) is 6.42 Å². The molecule has 0 bridgehead atoms. The molecule has 0 aliphatic rings. The Kier molecular flexibility index (Phi) is 3.14. The highest BCUT2D eigenvalue weighted by Gasteiger charge is 2.17. The minimum atomic E-state index is -0.868. The SMILES string of the molecule is COc1ccc(OC)c2c1c(CC(=O)O)cn2C. The summed E-state index contributed by atoms with van der Waals surface area (Å²) in [5.41, 5.74) is 1.56. The van der Waals surface area contributed by atoms with Gasteiger partial charge in [0, 0.05) is 18.6 Å². The van der Waals surface area contributed by atoms with E-state index >= 15 is 0 Å². The summed E-state index contributed by atoms with van der Waals surface area (Å²) in [4.78, 5) is 10.9. The van der Waals surface area contributed by atoms with Crippen LogP contribution in [0.3, 0.4) is 0 Å². The van der Waals surface area contributed by atoms with E-state index in [1.165, 1.54) is 0 Å². The van der Waals surface area contributed by atoms with Crippen molar-refractivity contribution in [1.29, 1.82) is 0 Å². The molecule has 0 unspecified atom stereocenters. The van der Waals surface area contributed by atoms with E-state index in [4.69, 9.17) is 14.6 Å². The first-order valence-corrected chi connectivity index (χ1v) is 5.49. The number of ether oxygens (including phenoxy) is 2. The summed E-state index contributed by atoms with van der Waals surface area (Å²) >= 11 is 0. The molecule has 5 heteroatoms. The summed E-state index contributed by atoms with van der Waals surface area (Å²) in [5, 5.41) is 9.74. The lowest BCUT2D eigenvalue weighted by Gasteiger charge is -2.08. The van der Waals surface area contributed by atoms with Gasteiger partial charge in [0.15, 0.2) is 0 Å². The highest BCUT2D eigenvalue weighted by atomic mass is 16.5. The van der Waals surface area contributed by atoms with Crippen LogP contribution in [0, 0.1) is 0 Å². The highest BCUT2D eigenvalue weighted by Crippen LogP contribution is 2.36. The molecule has 1 aromatic heterocycles. The lowest BCUT2D eigenvalue weighted by molar-refractivity contribution is -0.136. The van der Waals surface area contributed by atoms with Crippen molar-refractivity contribution in [3.8, 4) is 11.5 Å². The molecule has 1 aromatic carbocycles. The van der Waals surface area contributed by atoms with Crippen LogP contribution in [-0.4, -0.2) is 29.9 Å². The number of carbonyl (C=O) groups is 1. The van der Waals surface area contributed by atoms with Gasteiger partial charge >= 0.3 is 5.97 Å². The Morgan fingerprint density at radius 3 is 2.44 bits per heavy atom. The molecule has 2 rings (SSSR count). The van der Waals surface area contributed by atoms with Gasteiger partial charge in [-0.3, -0.25) is 4.79 Å². The summed E-state index contributed by atoms with van der Waals surface area (Å²) in [6.07, 6.45) is 1.75. The third-order valence-electron chi connectivity index (χ3n) is 2.91. The van der Waals surface area contributed by atoms with Gasteiger partial charge in [-0.25, -0.2) is 0 Å². The van der Waals surface area contributed by atoms with Crippen LogP contribution in [0.15, 0.2) is 18.3 Å². The Morgan fingerprint density at radius 2 is 1.89 bits per heavy atom. The fourth-order valence-corrected chi connectivity index (χ4v) is 2.21. The van der Waals surface area contributed by atoms with Crippen LogP contribution >= 0.6 is 0 Å². The molecule has 18 heavy (non-hydrogen) atoms. The number of aryl methyl sites for hydroxylation is 1. The van der Waals surface area contributed by atoms with E-state index in [0.29, 0.717) is 11.5 Å². The molecule has 1 N–H and O–H groups in total. The lowest BCUT2D eigenvalue weighted by atomic mass is 10.1. The number of fused-ring (bicyclic) bond motifs is 1. The number of hydrogen-bond acceptors (Lipinski definition) is 3. The number of rotatable bonds is 4. The Hall–Kier alpha value is -2.17. The predicted molar refractivity (Wildman–Crippen MR) is 67.4 cm³/mol. The Bertz CT molecular complexity index is 601. The fourth-order valence-electron chi connectivity index (χ4n) is 2.21. The van der Waals surface area contributed by atoms with Gasteiger partial charge in [-0.05, 0) is 17.7 Å². The molecule has 2 aromatic rings. The van der Waals surface area contributed by atoms with Crippen LogP contribution in [0.5, 0.6) is 11.5 Å². The van der Waals surface area contributed by atoms with E-state index in [1.54, 1.807) is 26.5 Å². The number of benzene rings is 1. The zero-order chi connectivity index (χ0) is 13.3. The van der Waals surface area contributed by atoms with Gasteiger partial charge in [0.1, 0.15) is 11.5 Å². The largest absolute Gasteiger partial charge is 0.496 e. The number of hydrogen-bond donors (Lipinski definition) is 1. The molecule has 96 valence electrons. The van der Waals surface area contributed by atoms with Gasteiger partial charge in [-0.1, -0.05) is 0 Å². The van der Waals surface area contributed by atoms with Gasteiger partial charge in [0.05, 0.1) is 26.2 Å². The summed E-state index contributed by atoms with van der Waals surface area (Å²) in [7, 11) is 5.01. The molecule has 0 saturated heterocycles. The van der Waals surface area contributed by atoms with Crippen molar-refractivity contribution in [3.63, 3.8) is 0 Å². The predicted octanol–water partition coefficient (Wildman–Crippen LogP) is 1.82. The van der Waals surface area contributed by atoms with E-state index in [2.05, 4.69) is 0 Å². The minimum absolute atomic E-state index is 0.0408. The number of carboxylic acids is 1. The van der Waals surface area contributed by atoms with E-state index in [0.717, 1.165) is 16.5 Å². The molecule has 0 aliphatic heterocycles. The molecule has 5 nitrogen and oxygen atoms in total. The monoisotopic (exact) mass is 249 g/mol. The first-order chi connectivity index (χ1) is 8.58. The Labute approximate surface area is 105 Å². The molecule has 0 saturated carbocycles. The van der Waals surface area contributed by atoms with Crippen LogP contribution in [0.1, 0.15) is 5.56 Å². The van der Waals surface area contributed by atoms with E-state index in [-0.39, 0.29) is 6.42 Å². The van der Waals surface area contributed by atoms with Gasteiger partial charge in [0.2, 0.25) is 0 Å². The molecule has 0 spiro atoms. The number of methoxy groups -OCH3 is 2. The van der Waals surface area contributed by atoms with Gasteiger partial charge < -0.3 is 19.1 Å². The van der Waals surface area contributed by atoms with Gasteiger partial charge in [-0.2, -0.15) is 0 Å². The number of aromatic nitrogens is 1. The molecular formula is C13H15NO4. The minimum Gasteiger partial charge on any atom is -0.496 e. The van der Waals surface area contributed by atoms with Crippen molar-refractivity contribution in [3.05, 3.63) is 23.9 Å². The average Bonchev–Trinajstić information content (AvgIpc) is 2.65. The van der Waals surface area contributed by atoms with Crippen LogP contribution in [-0.2, 0) is 18.3 Å². The topological polar surface area (TPSA) is 60.7 Å². The summed E-state index contributed by atoms with van der Waals surface area (Å²) in [6, 6.07) is 3.60. The third-order valence-corrected chi connectivity index (χ3v) is 2.91. The van der Waals surface area contributed by atoms with Crippen molar-refractivity contribution in [1.82, 2.24) is 4.57 Å². The zero-order valence-electron chi connectivity index (χ0n) is 10.6.